The van der Waals surface area contributed by atoms with Gasteiger partial charge in [-0.3, -0.25) is 9.59 Å². The molecule has 0 saturated heterocycles. The maximum absolute atomic E-state index is 13.1. The fraction of sp³-hybridized carbons (Fsp3) is 0.0667. The summed E-state index contributed by atoms with van der Waals surface area (Å²) in [5, 5.41) is 2.61. The van der Waals surface area contributed by atoms with Gasteiger partial charge >= 0.3 is 0 Å². The SMILES string of the molecule is O=C1Cc2cc(C(=O)c3ccc(F)c(Cl)c3)ccc2N1. The molecule has 0 radical (unpaired) electrons. The number of anilines is 1. The molecule has 20 heavy (non-hydrogen) atoms. The first kappa shape index (κ1) is 12.8. The van der Waals surface area contributed by atoms with Crippen molar-refractivity contribution in [3.8, 4) is 0 Å². The van der Waals surface area contributed by atoms with Crippen LogP contribution < -0.4 is 5.32 Å². The third-order valence-corrected chi connectivity index (χ3v) is 3.46. The quantitative estimate of drug-likeness (QED) is 0.863. The molecular weight excluding hydrogens is 281 g/mol. The molecule has 100 valence electrons. The van der Waals surface area contributed by atoms with Crippen LogP contribution >= 0.6 is 11.6 Å². The first-order valence-electron chi connectivity index (χ1n) is 5.97. The fourth-order valence-electron chi connectivity index (χ4n) is 2.17. The van der Waals surface area contributed by atoms with Gasteiger partial charge in [0.15, 0.2) is 5.78 Å². The zero-order valence-corrected chi connectivity index (χ0v) is 11.0. The second-order valence-electron chi connectivity index (χ2n) is 4.55. The van der Waals surface area contributed by atoms with Gasteiger partial charge in [-0.1, -0.05) is 11.6 Å². The lowest BCUT2D eigenvalue weighted by Gasteiger charge is -2.05. The Morgan fingerprint density at radius 2 is 1.85 bits per heavy atom. The molecule has 0 spiro atoms. The van der Waals surface area contributed by atoms with Gasteiger partial charge in [-0.25, -0.2) is 4.39 Å². The first-order valence-corrected chi connectivity index (χ1v) is 6.35. The molecule has 0 fully saturated rings. The Morgan fingerprint density at radius 3 is 2.60 bits per heavy atom. The van der Waals surface area contributed by atoms with E-state index in [9.17, 15) is 14.0 Å². The minimum absolute atomic E-state index is 0.0885. The van der Waals surface area contributed by atoms with Crippen molar-refractivity contribution in [2.75, 3.05) is 5.32 Å². The molecule has 1 N–H and O–H groups in total. The number of hydrogen-bond donors (Lipinski definition) is 1. The third kappa shape index (κ3) is 2.18. The Balaban J connectivity index is 1.97. The van der Waals surface area contributed by atoms with Crippen LogP contribution in [0.5, 0.6) is 0 Å². The van der Waals surface area contributed by atoms with Gasteiger partial charge in [0, 0.05) is 16.8 Å². The van der Waals surface area contributed by atoms with E-state index in [2.05, 4.69) is 5.32 Å². The van der Waals surface area contributed by atoms with Crippen molar-refractivity contribution in [3.63, 3.8) is 0 Å². The van der Waals surface area contributed by atoms with Crippen molar-refractivity contribution in [3.05, 3.63) is 63.9 Å². The van der Waals surface area contributed by atoms with Crippen LogP contribution in [0.3, 0.4) is 0 Å². The summed E-state index contributed by atoms with van der Waals surface area (Å²) in [5.74, 6) is -0.907. The molecule has 5 heteroatoms. The molecule has 0 saturated carbocycles. The van der Waals surface area contributed by atoms with Crippen molar-refractivity contribution in [2.24, 2.45) is 0 Å². The van der Waals surface area contributed by atoms with Crippen LogP contribution in [0, 0.1) is 5.82 Å². The summed E-state index contributed by atoms with van der Waals surface area (Å²) in [5.41, 5.74) is 2.27. The Morgan fingerprint density at radius 1 is 1.15 bits per heavy atom. The predicted molar refractivity (Wildman–Crippen MR) is 73.6 cm³/mol. The summed E-state index contributed by atoms with van der Waals surface area (Å²) in [6.45, 7) is 0. The number of benzene rings is 2. The van der Waals surface area contributed by atoms with Crippen LogP contribution in [0.25, 0.3) is 0 Å². The van der Waals surface area contributed by atoms with Gasteiger partial charge in [-0.05, 0) is 42.0 Å². The topological polar surface area (TPSA) is 46.2 Å². The van der Waals surface area contributed by atoms with Crippen LogP contribution in [0.2, 0.25) is 5.02 Å². The summed E-state index contributed by atoms with van der Waals surface area (Å²) in [4.78, 5) is 23.6. The van der Waals surface area contributed by atoms with Crippen molar-refractivity contribution in [1.82, 2.24) is 0 Å². The lowest BCUT2D eigenvalue weighted by molar-refractivity contribution is -0.115. The Labute approximate surface area is 119 Å². The second kappa shape index (κ2) is 4.72. The predicted octanol–water partition coefficient (Wildman–Crippen LogP) is 3.20. The van der Waals surface area contributed by atoms with Crippen molar-refractivity contribution >= 4 is 29.0 Å². The zero-order valence-electron chi connectivity index (χ0n) is 10.2. The highest BCUT2D eigenvalue weighted by Gasteiger charge is 2.20. The highest BCUT2D eigenvalue weighted by Crippen LogP contribution is 2.25. The fourth-order valence-corrected chi connectivity index (χ4v) is 2.36. The molecule has 0 atom stereocenters. The summed E-state index contributed by atoms with van der Waals surface area (Å²) in [6.07, 6.45) is 0.265. The minimum Gasteiger partial charge on any atom is -0.326 e. The van der Waals surface area contributed by atoms with E-state index in [1.165, 1.54) is 12.1 Å². The van der Waals surface area contributed by atoms with Crippen molar-refractivity contribution in [2.45, 2.75) is 6.42 Å². The average molecular weight is 290 g/mol. The number of hydrogen-bond acceptors (Lipinski definition) is 2. The summed E-state index contributed by atoms with van der Waals surface area (Å²) in [6, 6.07) is 8.85. The molecule has 0 aromatic heterocycles. The summed E-state index contributed by atoms with van der Waals surface area (Å²) >= 11 is 5.68. The molecule has 3 rings (SSSR count). The van der Waals surface area contributed by atoms with E-state index in [-0.39, 0.29) is 23.1 Å². The number of ketones is 1. The number of carbonyl (C=O) groups is 2. The van der Waals surface area contributed by atoms with E-state index >= 15 is 0 Å². The monoisotopic (exact) mass is 289 g/mol. The Hall–Kier alpha value is -2.20. The molecule has 0 aliphatic carbocycles. The summed E-state index contributed by atoms with van der Waals surface area (Å²) < 4.78 is 13.1. The van der Waals surface area contributed by atoms with Gasteiger partial charge in [0.1, 0.15) is 5.82 Å². The van der Waals surface area contributed by atoms with Gasteiger partial charge in [-0.15, -0.1) is 0 Å². The number of halogens is 2. The van der Waals surface area contributed by atoms with E-state index < -0.39 is 5.82 Å². The Bertz CT molecular complexity index is 743. The van der Waals surface area contributed by atoms with Crippen molar-refractivity contribution in [1.29, 1.82) is 0 Å². The van der Waals surface area contributed by atoms with Crippen LogP contribution in [0.15, 0.2) is 36.4 Å². The number of amides is 1. The van der Waals surface area contributed by atoms with E-state index in [1.54, 1.807) is 18.2 Å². The van der Waals surface area contributed by atoms with Crippen molar-refractivity contribution < 1.29 is 14.0 Å². The molecule has 0 unspecified atom stereocenters. The standard InChI is InChI=1S/C15H9ClFNO2/c16-11-6-9(1-3-12(11)17)15(20)8-2-4-13-10(5-8)7-14(19)18-13/h1-6H,7H2,(H,18,19). The molecule has 1 heterocycles. The normalized spacial score (nSPS) is 13.0. The van der Waals surface area contributed by atoms with Crippen LogP contribution in [-0.4, -0.2) is 11.7 Å². The number of carbonyl (C=O) groups excluding carboxylic acids is 2. The minimum atomic E-state index is -0.563. The lowest BCUT2D eigenvalue weighted by Crippen LogP contribution is -2.03. The maximum atomic E-state index is 13.1. The molecule has 2 aromatic rings. The van der Waals surface area contributed by atoms with Gasteiger partial charge < -0.3 is 5.32 Å². The largest absolute Gasteiger partial charge is 0.326 e. The molecule has 1 aliphatic rings. The van der Waals surface area contributed by atoms with E-state index in [4.69, 9.17) is 11.6 Å². The molecule has 1 amide bonds. The molecule has 1 aliphatic heterocycles. The van der Waals surface area contributed by atoms with E-state index in [0.29, 0.717) is 11.1 Å². The highest BCUT2D eigenvalue weighted by atomic mass is 35.5. The lowest BCUT2D eigenvalue weighted by atomic mass is 10.0. The van der Waals surface area contributed by atoms with E-state index in [1.807, 2.05) is 0 Å². The van der Waals surface area contributed by atoms with E-state index in [0.717, 1.165) is 17.3 Å². The number of nitrogens with one attached hydrogen (secondary N) is 1. The van der Waals surface area contributed by atoms with Gasteiger partial charge in [0.25, 0.3) is 0 Å². The second-order valence-corrected chi connectivity index (χ2v) is 4.96. The Kier molecular flexibility index (Phi) is 3.03. The maximum Gasteiger partial charge on any atom is 0.228 e. The van der Waals surface area contributed by atoms with Crippen LogP contribution in [-0.2, 0) is 11.2 Å². The molecule has 0 bridgehead atoms. The zero-order chi connectivity index (χ0) is 14.3. The van der Waals surface area contributed by atoms with Gasteiger partial charge in [0.2, 0.25) is 5.91 Å². The highest BCUT2D eigenvalue weighted by molar-refractivity contribution is 6.31. The third-order valence-electron chi connectivity index (χ3n) is 3.17. The van der Waals surface area contributed by atoms with Crippen LogP contribution in [0.4, 0.5) is 10.1 Å². The van der Waals surface area contributed by atoms with Gasteiger partial charge in [0.05, 0.1) is 11.4 Å². The number of fused-ring (bicyclic) bond motifs is 1. The van der Waals surface area contributed by atoms with Gasteiger partial charge in [-0.2, -0.15) is 0 Å². The first-order chi connectivity index (χ1) is 9.54. The molecular formula is C15H9ClFNO2. The smallest absolute Gasteiger partial charge is 0.228 e. The number of rotatable bonds is 2. The summed E-state index contributed by atoms with van der Waals surface area (Å²) in [7, 11) is 0. The average Bonchev–Trinajstić information content (AvgIpc) is 2.80. The van der Waals surface area contributed by atoms with Crippen LogP contribution in [0.1, 0.15) is 21.5 Å². The molecule has 3 nitrogen and oxygen atoms in total. The molecule has 2 aromatic carbocycles.